The van der Waals surface area contributed by atoms with Crippen LogP contribution in [0.25, 0.3) is 10.1 Å². The summed E-state index contributed by atoms with van der Waals surface area (Å²) in [6, 6.07) is 6.62. The Hall–Kier alpha value is -2.61. The fourth-order valence-corrected chi connectivity index (χ4v) is 2.98. The predicted octanol–water partition coefficient (Wildman–Crippen LogP) is 2.63. The lowest BCUT2D eigenvalue weighted by molar-refractivity contribution is -0.137. The minimum Gasteiger partial charge on any atom is -0.481 e. The normalized spacial score (nSPS) is 10.3. The van der Waals surface area contributed by atoms with Crippen molar-refractivity contribution in [2.24, 2.45) is 0 Å². The van der Waals surface area contributed by atoms with Gasteiger partial charge in [0.05, 0.1) is 23.9 Å². The number of hydrogen-bond donors (Lipinski definition) is 2. The van der Waals surface area contributed by atoms with E-state index in [2.05, 4.69) is 5.32 Å². The van der Waals surface area contributed by atoms with E-state index in [9.17, 15) is 14.4 Å². The van der Waals surface area contributed by atoms with Crippen LogP contribution >= 0.6 is 11.3 Å². The molecule has 0 fully saturated rings. The molecule has 1 aromatic heterocycles. The van der Waals surface area contributed by atoms with Crippen molar-refractivity contribution in [2.45, 2.75) is 6.42 Å². The number of carbonyl (C=O) groups is 3. The molecule has 2 amide bonds. The van der Waals surface area contributed by atoms with Crippen LogP contribution in [0, 0.1) is 0 Å². The second-order valence-corrected chi connectivity index (χ2v) is 5.87. The van der Waals surface area contributed by atoms with Gasteiger partial charge in [0.25, 0.3) is 0 Å². The zero-order valence-electron chi connectivity index (χ0n) is 12.7. The van der Waals surface area contributed by atoms with E-state index in [1.165, 1.54) is 30.4 Å². The maximum atomic E-state index is 12.1. The molecule has 23 heavy (non-hydrogen) atoms. The highest BCUT2D eigenvalue weighted by Gasteiger charge is 2.15. The van der Waals surface area contributed by atoms with Crippen LogP contribution in [-0.2, 0) is 9.53 Å². The van der Waals surface area contributed by atoms with Crippen molar-refractivity contribution in [3.8, 4) is 0 Å². The van der Waals surface area contributed by atoms with Crippen LogP contribution in [0.5, 0.6) is 0 Å². The number of anilines is 1. The number of nitrogens with zero attached hydrogens (tertiary/aromatic N) is 1. The molecule has 0 saturated carbocycles. The number of ether oxygens (including phenoxy) is 1. The number of esters is 1. The van der Waals surface area contributed by atoms with Gasteiger partial charge in [-0.15, -0.1) is 11.3 Å². The average molecular weight is 336 g/mol. The highest BCUT2D eigenvalue weighted by Crippen LogP contribution is 2.32. The molecule has 0 aliphatic rings. The van der Waals surface area contributed by atoms with Gasteiger partial charge in [-0.3, -0.25) is 4.79 Å². The fourth-order valence-electron chi connectivity index (χ4n) is 1.94. The summed E-state index contributed by atoms with van der Waals surface area (Å²) >= 11 is 1.23. The van der Waals surface area contributed by atoms with E-state index in [0.29, 0.717) is 10.6 Å². The molecule has 7 nitrogen and oxygen atoms in total. The van der Waals surface area contributed by atoms with Crippen molar-refractivity contribution in [3.05, 3.63) is 29.1 Å². The minimum absolute atomic E-state index is 0.106. The van der Waals surface area contributed by atoms with Gasteiger partial charge < -0.3 is 20.1 Å². The van der Waals surface area contributed by atoms with Gasteiger partial charge in [0.1, 0.15) is 4.88 Å². The number of carbonyl (C=O) groups excluding carboxylic acids is 2. The molecule has 0 radical (unpaired) electrons. The summed E-state index contributed by atoms with van der Waals surface area (Å²) in [6.45, 7) is 0.106. The summed E-state index contributed by atoms with van der Waals surface area (Å²) in [6.07, 6.45) is -0.125. The summed E-state index contributed by atoms with van der Waals surface area (Å²) in [4.78, 5) is 36.0. The lowest BCUT2D eigenvalue weighted by atomic mass is 10.2. The quantitative estimate of drug-likeness (QED) is 0.818. The van der Waals surface area contributed by atoms with E-state index < -0.39 is 18.0 Å². The Morgan fingerprint density at radius 1 is 1.35 bits per heavy atom. The van der Waals surface area contributed by atoms with E-state index >= 15 is 0 Å². The molecule has 2 N–H and O–H groups in total. The number of methoxy groups -OCH3 is 1. The first-order chi connectivity index (χ1) is 10.9. The number of carboxylic acids is 1. The lowest BCUT2D eigenvalue weighted by Gasteiger charge is -2.17. The SMILES string of the molecule is COC(=O)c1cc2cccc(NC(=O)N(C)CCC(=O)O)c2s1. The van der Waals surface area contributed by atoms with Crippen LogP contribution in [0.4, 0.5) is 10.5 Å². The van der Waals surface area contributed by atoms with Crippen LogP contribution in [0.15, 0.2) is 24.3 Å². The van der Waals surface area contributed by atoms with Gasteiger partial charge in [0, 0.05) is 13.6 Å². The number of amides is 2. The van der Waals surface area contributed by atoms with E-state index in [1.54, 1.807) is 18.2 Å². The third kappa shape index (κ3) is 3.98. The molecule has 8 heteroatoms. The third-order valence-corrected chi connectivity index (χ3v) is 4.34. The Labute approximate surface area is 136 Å². The Morgan fingerprint density at radius 2 is 2.09 bits per heavy atom. The first-order valence-electron chi connectivity index (χ1n) is 6.77. The number of fused-ring (bicyclic) bond motifs is 1. The van der Waals surface area contributed by atoms with Crippen molar-refractivity contribution in [2.75, 3.05) is 26.0 Å². The van der Waals surface area contributed by atoms with E-state index in [0.717, 1.165) is 10.1 Å². The maximum absolute atomic E-state index is 12.1. The number of carboxylic acid groups (broad SMARTS) is 1. The molecule has 1 heterocycles. The Bertz CT molecular complexity index is 755. The second kappa shape index (κ2) is 7.10. The van der Waals surface area contributed by atoms with Gasteiger partial charge in [0.2, 0.25) is 0 Å². The van der Waals surface area contributed by atoms with E-state index in [4.69, 9.17) is 9.84 Å². The van der Waals surface area contributed by atoms with Gasteiger partial charge in [-0.05, 0) is 17.5 Å². The standard InChI is InChI=1S/C15H16N2O5S/c1-17(7-6-12(18)19)15(21)16-10-5-3-4-9-8-11(14(20)22-2)23-13(9)10/h3-5,8H,6-7H2,1-2H3,(H,16,21)(H,18,19). The van der Waals surface area contributed by atoms with Crippen molar-refractivity contribution < 1.29 is 24.2 Å². The van der Waals surface area contributed by atoms with Crippen molar-refractivity contribution >= 4 is 45.1 Å². The molecule has 0 atom stereocenters. The molecule has 2 aromatic rings. The van der Waals surface area contributed by atoms with Crippen LogP contribution in [0.2, 0.25) is 0 Å². The molecule has 0 aliphatic heterocycles. The number of aliphatic carboxylic acids is 1. The molecule has 0 spiro atoms. The minimum atomic E-state index is -0.965. The molecule has 1 aromatic carbocycles. The van der Waals surface area contributed by atoms with Gasteiger partial charge in [-0.2, -0.15) is 0 Å². The van der Waals surface area contributed by atoms with E-state index in [1.807, 2.05) is 6.07 Å². The summed E-state index contributed by atoms with van der Waals surface area (Å²) in [5.74, 6) is -1.39. The highest BCUT2D eigenvalue weighted by molar-refractivity contribution is 7.21. The maximum Gasteiger partial charge on any atom is 0.348 e. The van der Waals surface area contributed by atoms with Gasteiger partial charge in [-0.25, -0.2) is 9.59 Å². The van der Waals surface area contributed by atoms with E-state index in [-0.39, 0.29) is 13.0 Å². The van der Waals surface area contributed by atoms with Gasteiger partial charge in [0.15, 0.2) is 0 Å². The largest absolute Gasteiger partial charge is 0.481 e. The molecule has 0 saturated heterocycles. The zero-order chi connectivity index (χ0) is 17.0. The number of urea groups is 1. The number of benzene rings is 1. The second-order valence-electron chi connectivity index (χ2n) is 4.82. The highest BCUT2D eigenvalue weighted by atomic mass is 32.1. The van der Waals surface area contributed by atoms with Gasteiger partial charge in [-0.1, -0.05) is 12.1 Å². The molecular formula is C15H16N2O5S. The first-order valence-corrected chi connectivity index (χ1v) is 7.59. The molecule has 2 rings (SSSR count). The average Bonchev–Trinajstić information content (AvgIpc) is 2.96. The number of rotatable bonds is 5. The Morgan fingerprint density at radius 3 is 2.74 bits per heavy atom. The summed E-state index contributed by atoms with van der Waals surface area (Å²) in [5, 5.41) is 12.2. The zero-order valence-corrected chi connectivity index (χ0v) is 13.5. The molecule has 0 unspecified atom stereocenters. The molecular weight excluding hydrogens is 320 g/mol. The smallest absolute Gasteiger partial charge is 0.348 e. The molecule has 122 valence electrons. The predicted molar refractivity (Wildman–Crippen MR) is 87.1 cm³/mol. The summed E-state index contributed by atoms with van der Waals surface area (Å²) in [5.41, 5.74) is 0.565. The van der Waals surface area contributed by atoms with Crippen LogP contribution < -0.4 is 5.32 Å². The fraction of sp³-hybridized carbons (Fsp3) is 0.267. The molecule has 0 aliphatic carbocycles. The lowest BCUT2D eigenvalue weighted by Crippen LogP contribution is -2.33. The van der Waals surface area contributed by atoms with Crippen LogP contribution in [-0.4, -0.2) is 48.7 Å². The molecule has 0 bridgehead atoms. The van der Waals surface area contributed by atoms with Crippen molar-refractivity contribution in [1.29, 1.82) is 0 Å². The van der Waals surface area contributed by atoms with Crippen molar-refractivity contribution in [3.63, 3.8) is 0 Å². The number of nitrogens with one attached hydrogen (secondary N) is 1. The van der Waals surface area contributed by atoms with Crippen molar-refractivity contribution in [1.82, 2.24) is 4.90 Å². The summed E-state index contributed by atoms with van der Waals surface area (Å²) < 4.78 is 5.46. The third-order valence-electron chi connectivity index (χ3n) is 3.18. The number of thiophene rings is 1. The van der Waals surface area contributed by atoms with Crippen LogP contribution in [0.3, 0.4) is 0 Å². The Kier molecular flexibility index (Phi) is 5.17. The summed E-state index contributed by atoms with van der Waals surface area (Å²) in [7, 11) is 2.83. The van der Waals surface area contributed by atoms with Crippen LogP contribution in [0.1, 0.15) is 16.1 Å². The number of hydrogen-bond acceptors (Lipinski definition) is 5. The first kappa shape index (κ1) is 16.8. The van der Waals surface area contributed by atoms with Gasteiger partial charge >= 0.3 is 18.0 Å². The topological polar surface area (TPSA) is 95.9 Å². The Balaban J connectivity index is 2.19. The monoisotopic (exact) mass is 336 g/mol.